The Morgan fingerprint density at radius 2 is 1.15 bits per heavy atom. The van der Waals surface area contributed by atoms with Gasteiger partial charge in [-0.05, 0) is 54.1 Å². The van der Waals surface area contributed by atoms with Crippen LogP contribution in [0.4, 0.5) is 0 Å². The van der Waals surface area contributed by atoms with Gasteiger partial charge in [-0.15, -0.1) is 0 Å². The van der Waals surface area contributed by atoms with Gasteiger partial charge in [0, 0.05) is 15.9 Å². The van der Waals surface area contributed by atoms with Gasteiger partial charge in [0.25, 0.3) is 0 Å². The standard InChI is InChI=1S/C22H21O3P/c1-17(18-7-5-4-6-8-18)26(23,21-13-9-19(24-2)10-14-21)22-15-11-20(25-3)12-16-22/h4-16H,1H2,2-3H3. The molecule has 0 saturated heterocycles. The Hall–Kier alpha value is -2.77. The van der Waals surface area contributed by atoms with Crippen molar-refractivity contribution >= 4 is 23.1 Å². The van der Waals surface area contributed by atoms with Crippen LogP contribution >= 0.6 is 7.14 Å². The summed E-state index contributed by atoms with van der Waals surface area (Å²) in [5.41, 5.74) is 0.863. The van der Waals surface area contributed by atoms with Gasteiger partial charge in [-0.2, -0.15) is 0 Å². The SMILES string of the molecule is C=C(c1ccccc1)P(=O)(c1ccc(OC)cc1)c1ccc(OC)cc1. The van der Waals surface area contributed by atoms with Gasteiger partial charge >= 0.3 is 0 Å². The molecule has 0 aromatic heterocycles. The highest BCUT2D eigenvalue weighted by atomic mass is 31.2. The molecule has 3 rings (SSSR count). The molecule has 3 nitrogen and oxygen atoms in total. The minimum atomic E-state index is -3.10. The van der Waals surface area contributed by atoms with Crippen molar-refractivity contribution in [2.75, 3.05) is 14.2 Å². The lowest BCUT2D eigenvalue weighted by atomic mass is 10.2. The summed E-state index contributed by atoms with van der Waals surface area (Å²) in [6, 6.07) is 24.3. The van der Waals surface area contributed by atoms with Crippen molar-refractivity contribution in [3.63, 3.8) is 0 Å². The minimum Gasteiger partial charge on any atom is -0.497 e. The number of ether oxygens (including phenoxy) is 2. The zero-order valence-electron chi connectivity index (χ0n) is 14.9. The lowest BCUT2D eigenvalue weighted by Gasteiger charge is -2.22. The molecule has 0 heterocycles. The second kappa shape index (κ2) is 7.63. The van der Waals surface area contributed by atoms with Crippen molar-refractivity contribution in [1.29, 1.82) is 0 Å². The first-order chi connectivity index (χ1) is 12.6. The number of rotatable bonds is 6. The highest BCUT2D eigenvalue weighted by Gasteiger charge is 2.31. The largest absolute Gasteiger partial charge is 0.497 e. The van der Waals surface area contributed by atoms with Crippen molar-refractivity contribution in [3.05, 3.63) is 91.0 Å². The Morgan fingerprint density at radius 1 is 0.731 bits per heavy atom. The van der Waals surface area contributed by atoms with Crippen molar-refractivity contribution in [1.82, 2.24) is 0 Å². The van der Waals surface area contributed by atoms with Crippen LogP contribution in [-0.2, 0) is 4.57 Å². The van der Waals surface area contributed by atoms with Crippen LogP contribution < -0.4 is 20.1 Å². The molecular weight excluding hydrogens is 343 g/mol. The highest BCUT2D eigenvalue weighted by molar-refractivity contribution is 7.87. The molecule has 132 valence electrons. The smallest absolute Gasteiger partial charge is 0.171 e. The van der Waals surface area contributed by atoms with E-state index in [1.165, 1.54) is 0 Å². The maximum Gasteiger partial charge on any atom is 0.171 e. The van der Waals surface area contributed by atoms with E-state index in [0.29, 0.717) is 5.31 Å². The summed E-state index contributed by atoms with van der Waals surface area (Å²) in [4.78, 5) is 0. The monoisotopic (exact) mass is 364 g/mol. The first kappa shape index (κ1) is 18.0. The second-order valence-corrected chi connectivity index (χ2v) is 8.61. The summed E-state index contributed by atoms with van der Waals surface area (Å²) in [6.45, 7) is 4.21. The van der Waals surface area contributed by atoms with Crippen molar-refractivity contribution in [2.45, 2.75) is 0 Å². The number of hydrogen-bond donors (Lipinski definition) is 0. The Labute approximate surface area is 154 Å². The average Bonchev–Trinajstić information content (AvgIpc) is 2.73. The third kappa shape index (κ3) is 3.31. The molecule has 3 aromatic rings. The van der Waals surface area contributed by atoms with Gasteiger partial charge in [-0.3, -0.25) is 0 Å². The molecule has 0 unspecified atom stereocenters. The van der Waals surface area contributed by atoms with E-state index in [1.54, 1.807) is 14.2 Å². The van der Waals surface area contributed by atoms with Crippen LogP contribution in [0, 0.1) is 0 Å². The predicted octanol–water partition coefficient (Wildman–Crippen LogP) is 4.69. The number of benzene rings is 3. The van der Waals surface area contributed by atoms with Crippen molar-refractivity contribution in [2.24, 2.45) is 0 Å². The maximum atomic E-state index is 14.3. The predicted molar refractivity (Wildman–Crippen MR) is 108 cm³/mol. The van der Waals surface area contributed by atoms with Gasteiger partial charge in [0.15, 0.2) is 7.14 Å². The van der Waals surface area contributed by atoms with Gasteiger partial charge in [-0.25, -0.2) is 0 Å². The number of hydrogen-bond acceptors (Lipinski definition) is 3. The maximum absolute atomic E-state index is 14.3. The Bertz CT molecular complexity index is 878. The third-order valence-corrected chi connectivity index (χ3v) is 7.43. The van der Waals surface area contributed by atoms with Gasteiger partial charge in [0.2, 0.25) is 0 Å². The van der Waals surface area contributed by atoms with Crippen LogP contribution in [0.2, 0.25) is 0 Å². The summed E-state index contributed by atoms with van der Waals surface area (Å²) >= 11 is 0. The molecule has 0 aliphatic carbocycles. The second-order valence-electron chi connectivity index (χ2n) is 5.82. The first-order valence-electron chi connectivity index (χ1n) is 8.24. The van der Waals surface area contributed by atoms with E-state index in [-0.39, 0.29) is 0 Å². The fourth-order valence-corrected chi connectivity index (χ4v) is 5.43. The topological polar surface area (TPSA) is 35.5 Å². The molecule has 3 aromatic carbocycles. The summed E-state index contributed by atoms with van der Waals surface area (Å²) in [5.74, 6) is 1.45. The van der Waals surface area contributed by atoms with E-state index in [1.807, 2.05) is 78.9 Å². The fourth-order valence-electron chi connectivity index (χ4n) is 2.86. The fraction of sp³-hybridized carbons (Fsp3) is 0.0909. The third-order valence-electron chi connectivity index (χ3n) is 4.36. The van der Waals surface area contributed by atoms with Crippen molar-refractivity contribution < 1.29 is 14.0 Å². The van der Waals surface area contributed by atoms with Gasteiger partial charge in [-0.1, -0.05) is 36.9 Å². The molecule has 4 heteroatoms. The van der Waals surface area contributed by atoms with Gasteiger partial charge in [0.05, 0.1) is 14.2 Å². The molecule has 0 atom stereocenters. The zero-order chi connectivity index (χ0) is 18.6. The highest BCUT2D eigenvalue weighted by Crippen LogP contribution is 2.55. The Morgan fingerprint density at radius 3 is 1.54 bits per heavy atom. The van der Waals surface area contributed by atoms with E-state index in [2.05, 4.69) is 6.58 Å². The molecule has 0 fully saturated rings. The molecule has 0 radical (unpaired) electrons. The van der Waals surface area contributed by atoms with Crippen LogP contribution in [0.1, 0.15) is 5.56 Å². The summed E-state index contributed by atoms with van der Waals surface area (Å²) in [5, 5.41) is 2.04. The van der Waals surface area contributed by atoms with E-state index >= 15 is 0 Å². The first-order valence-corrected chi connectivity index (χ1v) is 9.94. The van der Waals surface area contributed by atoms with E-state index in [0.717, 1.165) is 27.7 Å². The minimum absolute atomic E-state index is 0.605. The average molecular weight is 364 g/mol. The van der Waals surface area contributed by atoms with Crippen LogP contribution in [0.5, 0.6) is 11.5 Å². The van der Waals surface area contributed by atoms with Crippen LogP contribution in [0.3, 0.4) is 0 Å². The molecular formula is C22H21O3P. The quantitative estimate of drug-likeness (QED) is 0.596. The zero-order valence-corrected chi connectivity index (χ0v) is 15.8. The van der Waals surface area contributed by atoms with Crippen LogP contribution in [-0.4, -0.2) is 14.2 Å². The summed E-state index contributed by atoms with van der Waals surface area (Å²) in [6.07, 6.45) is 0. The molecule has 26 heavy (non-hydrogen) atoms. The van der Waals surface area contributed by atoms with Crippen LogP contribution in [0.25, 0.3) is 5.31 Å². The molecule has 0 saturated carbocycles. The molecule has 0 aliphatic heterocycles. The van der Waals surface area contributed by atoms with E-state index in [4.69, 9.17) is 9.47 Å². The Kier molecular flexibility index (Phi) is 5.29. The normalized spacial score (nSPS) is 11.0. The molecule has 0 amide bonds. The molecule has 0 aliphatic rings. The lowest BCUT2D eigenvalue weighted by Crippen LogP contribution is -2.17. The lowest BCUT2D eigenvalue weighted by molar-refractivity contribution is 0.415. The summed E-state index contributed by atoms with van der Waals surface area (Å²) < 4.78 is 24.8. The van der Waals surface area contributed by atoms with Crippen LogP contribution in [0.15, 0.2) is 85.4 Å². The van der Waals surface area contributed by atoms with Crippen molar-refractivity contribution in [3.8, 4) is 11.5 Å². The van der Waals surface area contributed by atoms with Gasteiger partial charge < -0.3 is 14.0 Å². The number of methoxy groups -OCH3 is 2. The molecule has 0 bridgehead atoms. The molecule has 0 N–H and O–H groups in total. The van der Waals surface area contributed by atoms with Gasteiger partial charge in [0.1, 0.15) is 11.5 Å². The van der Waals surface area contributed by atoms with E-state index < -0.39 is 7.14 Å². The summed E-state index contributed by atoms with van der Waals surface area (Å²) in [7, 11) is 0.121. The molecule has 0 spiro atoms. The Balaban J connectivity index is 2.16. The van der Waals surface area contributed by atoms with E-state index in [9.17, 15) is 4.57 Å².